The van der Waals surface area contributed by atoms with Crippen molar-refractivity contribution in [1.82, 2.24) is 5.32 Å². The van der Waals surface area contributed by atoms with Crippen molar-refractivity contribution >= 4 is 21.7 Å². The fraction of sp³-hybridized carbons (Fsp3) is 0.455. The molecule has 2 N–H and O–H groups in total. The molecule has 1 heterocycles. The van der Waals surface area contributed by atoms with Crippen LogP contribution in [0.25, 0.3) is 0 Å². The number of carbonyl (C=O) groups excluding carboxylic acids is 1. The molecule has 1 aromatic rings. The van der Waals surface area contributed by atoms with E-state index in [4.69, 9.17) is 9.52 Å². The number of hydrogen-bond acceptors (Lipinski definition) is 5. The molecule has 0 saturated heterocycles. The van der Waals surface area contributed by atoms with Gasteiger partial charge in [0.05, 0.1) is 12.3 Å². The van der Waals surface area contributed by atoms with Gasteiger partial charge < -0.3 is 14.8 Å². The SMILES string of the molecule is CS(=O)(=O)CCCC(=O)NCc1ccc(C(=O)O)o1. The lowest BCUT2D eigenvalue weighted by Gasteiger charge is -2.02. The smallest absolute Gasteiger partial charge is 0.371 e. The molecule has 0 radical (unpaired) electrons. The van der Waals surface area contributed by atoms with E-state index in [-0.39, 0.29) is 36.8 Å². The summed E-state index contributed by atoms with van der Waals surface area (Å²) in [5.41, 5.74) is 0. The lowest BCUT2D eigenvalue weighted by atomic mass is 10.3. The van der Waals surface area contributed by atoms with Gasteiger partial charge in [0.25, 0.3) is 0 Å². The molecule has 8 heteroatoms. The Morgan fingerprint density at radius 3 is 2.58 bits per heavy atom. The van der Waals surface area contributed by atoms with E-state index in [0.717, 1.165) is 6.26 Å². The summed E-state index contributed by atoms with van der Waals surface area (Å²) in [7, 11) is -3.06. The Morgan fingerprint density at radius 1 is 1.37 bits per heavy atom. The van der Waals surface area contributed by atoms with E-state index in [1.54, 1.807) is 0 Å². The summed E-state index contributed by atoms with van der Waals surface area (Å²) in [6.45, 7) is 0.0744. The Bertz CT molecular complexity index is 559. The number of carboxylic acids is 1. The minimum Gasteiger partial charge on any atom is -0.475 e. The van der Waals surface area contributed by atoms with Crippen molar-refractivity contribution in [2.45, 2.75) is 19.4 Å². The second-order valence-electron chi connectivity index (χ2n) is 4.08. The third-order valence-corrected chi connectivity index (χ3v) is 3.28. The number of carbonyl (C=O) groups is 2. The molecule has 1 amide bonds. The van der Waals surface area contributed by atoms with E-state index in [9.17, 15) is 18.0 Å². The summed E-state index contributed by atoms with van der Waals surface area (Å²) in [6.07, 6.45) is 1.46. The van der Waals surface area contributed by atoms with E-state index < -0.39 is 15.8 Å². The molecule has 0 aliphatic heterocycles. The van der Waals surface area contributed by atoms with Gasteiger partial charge in [0, 0.05) is 12.7 Å². The van der Waals surface area contributed by atoms with E-state index in [2.05, 4.69) is 5.32 Å². The van der Waals surface area contributed by atoms with Crippen LogP contribution in [0.5, 0.6) is 0 Å². The molecule has 0 atom stereocenters. The van der Waals surface area contributed by atoms with Gasteiger partial charge >= 0.3 is 5.97 Å². The average molecular weight is 289 g/mol. The van der Waals surface area contributed by atoms with Crippen LogP contribution in [0.1, 0.15) is 29.2 Å². The van der Waals surface area contributed by atoms with Gasteiger partial charge in [0.1, 0.15) is 15.6 Å². The Morgan fingerprint density at radius 2 is 2.05 bits per heavy atom. The van der Waals surface area contributed by atoms with Crippen molar-refractivity contribution in [3.8, 4) is 0 Å². The van der Waals surface area contributed by atoms with Crippen molar-refractivity contribution in [2.75, 3.05) is 12.0 Å². The lowest BCUT2D eigenvalue weighted by molar-refractivity contribution is -0.121. The predicted octanol–water partition coefficient (Wildman–Crippen LogP) is 0.419. The number of rotatable bonds is 7. The molecule has 0 bridgehead atoms. The molecule has 0 aliphatic rings. The molecular weight excluding hydrogens is 274 g/mol. The van der Waals surface area contributed by atoms with Gasteiger partial charge in [-0.2, -0.15) is 0 Å². The van der Waals surface area contributed by atoms with Crippen molar-refractivity contribution in [2.24, 2.45) is 0 Å². The number of aromatic carboxylic acids is 1. The maximum atomic E-state index is 11.4. The summed E-state index contributed by atoms with van der Waals surface area (Å²) < 4.78 is 26.7. The van der Waals surface area contributed by atoms with Gasteiger partial charge in [-0.05, 0) is 18.6 Å². The summed E-state index contributed by atoms with van der Waals surface area (Å²) in [5.74, 6) is -1.39. The Kier molecular flexibility index (Phi) is 5.11. The van der Waals surface area contributed by atoms with Crippen LogP contribution in [0.3, 0.4) is 0 Å². The van der Waals surface area contributed by atoms with Crippen LogP contribution in [0.4, 0.5) is 0 Å². The molecular formula is C11H15NO6S. The zero-order valence-corrected chi connectivity index (χ0v) is 11.2. The van der Waals surface area contributed by atoms with E-state index in [1.807, 2.05) is 0 Å². The second kappa shape index (κ2) is 6.37. The van der Waals surface area contributed by atoms with Crippen LogP contribution in [0, 0.1) is 0 Å². The highest BCUT2D eigenvalue weighted by Crippen LogP contribution is 2.07. The Labute approximate surface area is 110 Å². The van der Waals surface area contributed by atoms with Gasteiger partial charge in [-0.1, -0.05) is 0 Å². The van der Waals surface area contributed by atoms with Gasteiger partial charge in [0.2, 0.25) is 11.7 Å². The lowest BCUT2D eigenvalue weighted by Crippen LogP contribution is -2.22. The fourth-order valence-corrected chi connectivity index (χ4v) is 2.03. The first-order valence-electron chi connectivity index (χ1n) is 5.54. The van der Waals surface area contributed by atoms with E-state index in [1.165, 1.54) is 12.1 Å². The topological polar surface area (TPSA) is 114 Å². The molecule has 1 rings (SSSR count). The normalized spacial score (nSPS) is 11.2. The largest absolute Gasteiger partial charge is 0.475 e. The Balaban J connectivity index is 2.31. The van der Waals surface area contributed by atoms with Crippen LogP contribution >= 0.6 is 0 Å². The summed E-state index contributed by atoms with van der Waals surface area (Å²) in [5, 5.41) is 11.1. The first-order chi connectivity index (χ1) is 8.78. The first kappa shape index (κ1) is 15.2. The van der Waals surface area contributed by atoms with Gasteiger partial charge in [-0.25, -0.2) is 13.2 Å². The molecule has 0 spiro atoms. The number of furan rings is 1. The number of sulfone groups is 1. The van der Waals surface area contributed by atoms with Crippen LogP contribution in [-0.4, -0.2) is 37.4 Å². The molecule has 0 fully saturated rings. The van der Waals surface area contributed by atoms with Crippen molar-refractivity contribution in [1.29, 1.82) is 0 Å². The molecule has 19 heavy (non-hydrogen) atoms. The summed E-state index contributed by atoms with van der Waals surface area (Å²) in [6, 6.07) is 2.76. The maximum Gasteiger partial charge on any atom is 0.371 e. The molecule has 0 aromatic carbocycles. The molecule has 0 unspecified atom stereocenters. The number of hydrogen-bond donors (Lipinski definition) is 2. The zero-order chi connectivity index (χ0) is 14.5. The fourth-order valence-electron chi connectivity index (χ4n) is 1.36. The van der Waals surface area contributed by atoms with Crippen LogP contribution in [0.15, 0.2) is 16.5 Å². The van der Waals surface area contributed by atoms with E-state index in [0.29, 0.717) is 5.76 Å². The van der Waals surface area contributed by atoms with Crippen molar-refractivity contribution < 1.29 is 27.5 Å². The highest BCUT2D eigenvalue weighted by atomic mass is 32.2. The second-order valence-corrected chi connectivity index (χ2v) is 6.34. The molecule has 0 saturated carbocycles. The van der Waals surface area contributed by atoms with Crippen LogP contribution in [-0.2, 0) is 21.2 Å². The maximum absolute atomic E-state index is 11.4. The van der Waals surface area contributed by atoms with Crippen molar-refractivity contribution in [3.05, 3.63) is 23.7 Å². The standard InChI is InChI=1S/C11H15NO6S/c1-19(16,17)6-2-3-10(13)12-7-8-4-5-9(18-8)11(14)15/h4-5H,2-3,6-7H2,1H3,(H,12,13)(H,14,15). The quantitative estimate of drug-likeness (QED) is 0.752. The minimum atomic E-state index is -3.06. The highest BCUT2D eigenvalue weighted by Gasteiger charge is 2.10. The summed E-state index contributed by atoms with van der Waals surface area (Å²) in [4.78, 5) is 21.9. The average Bonchev–Trinajstić information content (AvgIpc) is 2.73. The highest BCUT2D eigenvalue weighted by molar-refractivity contribution is 7.90. The molecule has 106 valence electrons. The zero-order valence-electron chi connectivity index (χ0n) is 10.4. The number of carboxylic acid groups (broad SMARTS) is 1. The van der Waals surface area contributed by atoms with Crippen LogP contribution < -0.4 is 5.32 Å². The van der Waals surface area contributed by atoms with Gasteiger partial charge in [0.15, 0.2) is 0 Å². The Hall–Kier alpha value is -1.83. The predicted molar refractivity (Wildman–Crippen MR) is 66.5 cm³/mol. The van der Waals surface area contributed by atoms with Gasteiger partial charge in [-0.3, -0.25) is 4.79 Å². The monoisotopic (exact) mass is 289 g/mol. The molecule has 0 aliphatic carbocycles. The molecule has 7 nitrogen and oxygen atoms in total. The number of amides is 1. The van der Waals surface area contributed by atoms with E-state index >= 15 is 0 Å². The van der Waals surface area contributed by atoms with Crippen molar-refractivity contribution in [3.63, 3.8) is 0 Å². The van der Waals surface area contributed by atoms with Gasteiger partial charge in [-0.15, -0.1) is 0 Å². The third-order valence-electron chi connectivity index (χ3n) is 2.25. The third kappa shape index (κ3) is 6.05. The summed E-state index contributed by atoms with van der Waals surface area (Å²) >= 11 is 0. The van der Waals surface area contributed by atoms with Crippen LogP contribution in [0.2, 0.25) is 0 Å². The number of nitrogens with one attached hydrogen (secondary N) is 1. The first-order valence-corrected chi connectivity index (χ1v) is 7.60. The minimum absolute atomic E-state index is 0.0374. The molecule has 1 aromatic heterocycles.